The van der Waals surface area contributed by atoms with E-state index in [0.29, 0.717) is 0 Å². The topological polar surface area (TPSA) is 36.4 Å². The first-order valence-electron chi connectivity index (χ1n) is 7.00. The van der Waals surface area contributed by atoms with Gasteiger partial charge in [-0.15, -0.1) is 0 Å². The number of carbonyl (C=O) groups excluding carboxylic acids is 1. The molecule has 1 aromatic heterocycles. The highest BCUT2D eigenvalue weighted by Gasteiger charge is 2.19. The Hall–Kier alpha value is -1.94. The van der Waals surface area contributed by atoms with Crippen molar-refractivity contribution in [2.24, 2.45) is 0 Å². The van der Waals surface area contributed by atoms with Crippen LogP contribution < -0.4 is 0 Å². The molecule has 0 spiro atoms. The van der Waals surface area contributed by atoms with Gasteiger partial charge in [0.2, 0.25) is 5.91 Å². The molecule has 2 rings (SSSR count). The molecule has 0 radical (unpaired) electrons. The third-order valence-corrected chi connectivity index (χ3v) is 3.34. The molecule has 0 atom stereocenters. The van der Waals surface area contributed by atoms with Gasteiger partial charge in [0.15, 0.2) is 0 Å². The second-order valence-corrected chi connectivity index (χ2v) is 4.81. The molecule has 1 aliphatic heterocycles. The van der Waals surface area contributed by atoms with E-state index in [1.54, 1.807) is 12.2 Å². The molecular formula is C16H21N3O. The molecule has 0 aliphatic carbocycles. The van der Waals surface area contributed by atoms with Crippen LogP contribution in [0.15, 0.2) is 48.7 Å². The van der Waals surface area contributed by atoms with Gasteiger partial charge in [-0.2, -0.15) is 0 Å². The molecule has 4 nitrogen and oxygen atoms in total. The van der Waals surface area contributed by atoms with Crippen molar-refractivity contribution in [1.29, 1.82) is 0 Å². The summed E-state index contributed by atoms with van der Waals surface area (Å²) in [4.78, 5) is 20.5. The number of hydrogen-bond donors (Lipinski definition) is 0. The number of aromatic nitrogens is 1. The van der Waals surface area contributed by atoms with Crippen LogP contribution in [0.1, 0.15) is 12.6 Å². The Morgan fingerprint density at radius 2 is 2.05 bits per heavy atom. The lowest BCUT2D eigenvalue weighted by molar-refractivity contribution is -0.127. The van der Waals surface area contributed by atoms with Crippen molar-refractivity contribution in [3.05, 3.63) is 54.4 Å². The third kappa shape index (κ3) is 4.31. The van der Waals surface area contributed by atoms with Crippen molar-refractivity contribution < 1.29 is 4.79 Å². The minimum absolute atomic E-state index is 0.0978. The number of carbonyl (C=O) groups is 1. The Morgan fingerprint density at radius 3 is 2.70 bits per heavy atom. The Balaban J connectivity index is 1.79. The van der Waals surface area contributed by atoms with E-state index >= 15 is 0 Å². The summed E-state index contributed by atoms with van der Waals surface area (Å²) in [5.41, 5.74) is 1.08. The van der Waals surface area contributed by atoms with Gasteiger partial charge in [-0.1, -0.05) is 24.3 Å². The van der Waals surface area contributed by atoms with Crippen LogP contribution in [0.5, 0.6) is 0 Å². The van der Waals surface area contributed by atoms with E-state index in [2.05, 4.69) is 9.88 Å². The largest absolute Gasteiger partial charge is 0.337 e. The zero-order valence-electron chi connectivity index (χ0n) is 11.9. The van der Waals surface area contributed by atoms with Crippen LogP contribution in [0.4, 0.5) is 0 Å². The lowest BCUT2D eigenvalue weighted by Gasteiger charge is -2.34. The molecule has 0 N–H and O–H groups in total. The number of pyridine rings is 1. The van der Waals surface area contributed by atoms with Crippen molar-refractivity contribution in [3.8, 4) is 0 Å². The summed E-state index contributed by atoms with van der Waals surface area (Å²) in [5.74, 6) is 0.0978. The fraction of sp³-hybridized carbons (Fsp3) is 0.375. The fourth-order valence-electron chi connectivity index (χ4n) is 2.20. The average Bonchev–Trinajstić information content (AvgIpc) is 2.49. The lowest BCUT2D eigenvalue weighted by Crippen LogP contribution is -2.47. The van der Waals surface area contributed by atoms with E-state index in [1.807, 2.05) is 48.4 Å². The molecule has 1 aliphatic rings. The normalized spacial score (nSPS) is 17.1. The van der Waals surface area contributed by atoms with Crippen molar-refractivity contribution in [2.45, 2.75) is 13.5 Å². The third-order valence-electron chi connectivity index (χ3n) is 3.34. The summed E-state index contributed by atoms with van der Waals surface area (Å²) in [6.07, 6.45) is 9.03. The number of rotatable bonds is 4. The zero-order valence-corrected chi connectivity index (χ0v) is 11.9. The Bertz CT molecular complexity index is 474. The van der Waals surface area contributed by atoms with Crippen LogP contribution in [0, 0.1) is 0 Å². The molecule has 0 saturated carbocycles. The molecule has 0 unspecified atom stereocenters. The van der Waals surface area contributed by atoms with Gasteiger partial charge in [0.1, 0.15) is 0 Å². The molecule has 1 fully saturated rings. The van der Waals surface area contributed by atoms with Gasteiger partial charge in [0, 0.05) is 45.0 Å². The van der Waals surface area contributed by atoms with Crippen molar-refractivity contribution in [3.63, 3.8) is 0 Å². The molecule has 4 heteroatoms. The number of allylic oxidation sites excluding steroid dienone is 3. The minimum atomic E-state index is 0.0978. The smallest absolute Gasteiger partial charge is 0.246 e. The second-order valence-electron chi connectivity index (χ2n) is 4.81. The maximum Gasteiger partial charge on any atom is 0.246 e. The van der Waals surface area contributed by atoms with Gasteiger partial charge < -0.3 is 4.90 Å². The van der Waals surface area contributed by atoms with E-state index < -0.39 is 0 Å². The van der Waals surface area contributed by atoms with E-state index in [4.69, 9.17) is 0 Å². The van der Waals surface area contributed by atoms with E-state index in [1.165, 1.54) is 0 Å². The molecule has 0 bridgehead atoms. The van der Waals surface area contributed by atoms with Crippen molar-refractivity contribution >= 4 is 5.91 Å². The molecule has 2 heterocycles. The van der Waals surface area contributed by atoms with E-state index in [0.717, 1.165) is 38.4 Å². The van der Waals surface area contributed by atoms with Gasteiger partial charge in [-0.05, 0) is 19.1 Å². The summed E-state index contributed by atoms with van der Waals surface area (Å²) in [7, 11) is 0. The molecule has 106 valence electrons. The molecule has 1 amide bonds. The lowest BCUT2D eigenvalue weighted by atomic mass is 10.2. The molecule has 20 heavy (non-hydrogen) atoms. The molecule has 0 aromatic carbocycles. The standard InChI is InChI=1S/C16H21N3O/c1-2-3-4-8-16(20)19-12-10-18(11-13-19)14-15-7-5-6-9-17-15/h2-9H,10-14H2,1H3/b3-2+,8-4+. The van der Waals surface area contributed by atoms with E-state index in [9.17, 15) is 4.79 Å². The SMILES string of the molecule is C/C=C/C=C/C(=O)N1CCN(Cc2ccccn2)CC1. The first-order valence-corrected chi connectivity index (χ1v) is 7.00. The summed E-state index contributed by atoms with van der Waals surface area (Å²) >= 11 is 0. The Kier molecular flexibility index (Phi) is 5.50. The summed E-state index contributed by atoms with van der Waals surface area (Å²) in [6, 6.07) is 5.97. The highest BCUT2D eigenvalue weighted by molar-refractivity contribution is 5.87. The van der Waals surface area contributed by atoms with Crippen LogP contribution in [0.3, 0.4) is 0 Å². The first kappa shape index (κ1) is 14.5. The number of amides is 1. The van der Waals surface area contributed by atoms with Gasteiger partial charge >= 0.3 is 0 Å². The maximum absolute atomic E-state index is 11.9. The van der Waals surface area contributed by atoms with Crippen LogP contribution >= 0.6 is 0 Å². The highest BCUT2D eigenvalue weighted by atomic mass is 16.2. The van der Waals surface area contributed by atoms with E-state index in [-0.39, 0.29) is 5.91 Å². The van der Waals surface area contributed by atoms with Crippen LogP contribution in [-0.4, -0.2) is 46.9 Å². The van der Waals surface area contributed by atoms with Gasteiger partial charge in [-0.25, -0.2) is 0 Å². The molecule has 1 saturated heterocycles. The molecular weight excluding hydrogens is 250 g/mol. The Morgan fingerprint density at radius 1 is 1.25 bits per heavy atom. The Labute approximate surface area is 120 Å². The van der Waals surface area contributed by atoms with Crippen molar-refractivity contribution in [2.75, 3.05) is 26.2 Å². The highest BCUT2D eigenvalue weighted by Crippen LogP contribution is 2.07. The monoisotopic (exact) mass is 271 g/mol. The fourth-order valence-corrected chi connectivity index (χ4v) is 2.20. The zero-order chi connectivity index (χ0) is 14.2. The van der Waals surface area contributed by atoms with Crippen LogP contribution in [0.25, 0.3) is 0 Å². The average molecular weight is 271 g/mol. The summed E-state index contributed by atoms with van der Waals surface area (Å²) in [5, 5.41) is 0. The van der Waals surface area contributed by atoms with Gasteiger partial charge in [-0.3, -0.25) is 14.7 Å². The van der Waals surface area contributed by atoms with Gasteiger partial charge in [0.25, 0.3) is 0 Å². The van der Waals surface area contributed by atoms with Crippen LogP contribution in [0.2, 0.25) is 0 Å². The quantitative estimate of drug-likeness (QED) is 0.619. The minimum Gasteiger partial charge on any atom is -0.337 e. The van der Waals surface area contributed by atoms with Crippen LogP contribution in [-0.2, 0) is 11.3 Å². The first-order chi connectivity index (χ1) is 9.79. The molecule has 1 aromatic rings. The number of piperazine rings is 1. The second kappa shape index (κ2) is 7.60. The number of nitrogens with zero attached hydrogens (tertiary/aromatic N) is 3. The van der Waals surface area contributed by atoms with Gasteiger partial charge in [0.05, 0.1) is 5.69 Å². The summed E-state index contributed by atoms with van der Waals surface area (Å²) in [6.45, 7) is 6.17. The predicted octanol–water partition coefficient (Wildman–Crippen LogP) is 1.86. The van der Waals surface area contributed by atoms with Crippen molar-refractivity contribution in [1.82, 2.24) is 14.8 Å². The predicted molar refractivity (Wildman–Crippen MR) is 80.0 cm³/mol. The summed E-state index contributed by atoms with van der Waals surface area (Å²) < 4.78 is 0. The maximum atomic E-state index is 11.9. The number of hydrogen-bond acceptors (Lipinski definition) is 3.